The molecule has 0 saturated carbocycles. The molecule has 0 saturated heterocycles. The first-order valence-corrected chi connectivity index (χ1v) is 7.02. The van der Waals surface area contributed by atoms with Gasteiger partial charge in [-0.25, -0.2) is 4.98 Å². The molecule has 0 aromatic carbocycles. The first kappa shape index (κ1) is 15.9. The standard InChI is InChI=1S/C15H27N3O/c1-6-12(2)18(9-10-19-5)15-11-14(7-8-17-15)13(3)16-4/h7-8,11-13,16H,6,9-10H2,1-5H3. The summed E-state index contributed by atoms with van der Waals surface area (Å²) in [4.78, 5) is 6.84. The van der Waals surface area contributed by atoms with Crippen molar-refractivity contribution in [1.29, 1.82) is 0 Å². The Morgan fingerprint density at radius 3 is 2.74 bits per heavy atom. The van der Waals surface area contributed by atoms with Crippen molar-refractivity contribution in [2.75, 3.05) is 32.2 Å². The Kier molecular flexibility index (Phi) is 6.81. The van der Waals surface area contributed by atoms with Crippen LogP contribution in [-0.2, 0) is 4.74 Å². The SMILES string of the molecule is CCC(C)N(CCOC)c1cc(C(C)NC)ccn1. The van der Waals surface area contributed by atoms with E-state index < -0.39 is 0 Å². The van der Waals surface area contributed by atoms with Crippen molar-refractivity contribution < 1.29 is 4.74 Å². The van der Waals surface area contributed by atoms with Gasteiger partial charge in [-0.1, -0.05) is 6.92 Å². The van der Waals surface area contributed by atoms with Gasteiger partial charge >= 0.3 is 0 Å². The quantitative estimate of drug-likeness (QED) is 0.784. The Morgan fingerprint density at radius 2 is 2.16 bits per heavy atom. The Hall–Kier alpha value is -1.13. The molecule has 108 valence electrons. The van der Waals surface area contributed by atoms with E-state index in [1.54, 1.807) is 7.11 Å². The van der Waals surface area contributed by atoms with E-state index in [-0.39, 0.29) is 0 Å². The molecule has 1 aromatic heterocycles. The molecule has 1 N–H and O–H groups in total. The lowest BCUT2D eigenvalue weighted by Crippen LogP contribution is -2.36. The van der Waals surface area contributed by atoms with Crippen molar-refractivity contribution in [3.63, 3.8) is 0 Å². The zero-order valence-corrected chi connectivity index (χ0v) is 12.8. The Morgan fingerprint density at radius 1 is 1.42 bits per heavy atom. The molecule has 19 heavy (non-hydrogen) atoms. The van der Waals surface area contributed by atoms with Gasteiger partial charge in [0, 0.05) is 31.9 Å². The molecule has 0 aliphatic rings. The van der Waals surface area contributed by atoms with Gasteiger partial charge in [-0.3, -0.25) is 0 Å². The number of rotatable bonds is 8. The zero-order valence-electron chi connectivity index (χ0n) is 12.8. The lowest BCUT2D eigenvalue weighted by molar-refractivity contribution is 0.203. The molecule has 0 fully saturated rings. The highest BCUT2D eigenvalue weighted by molar-refractivity contribution is 5.42. The lowest BCUT2D eigenvalue weighted by atomic mass is 10.1. The van der Waals surface area contributed by atoms with Crippen LogP contribution >= 0.6 is 0 Å². The Bertz CT molecular complexity index is 370. The van der Waals surface area contributed by atoms with E-state index in [9.17, 15) is 0 Å². The fourth-order valence-corrected chi connectivity index (χ4v) is 2.00. The summed E-state index contributed by atoms with van der Waals surface area (Å²) in [5, 5.41) is 3.26. The number of aromatic nitrogens is 1. The molecule has 1 heterocycles. The van der Waals surface area contributed by atoms with Gasteiger partial charge in [0.15, 0.2) is 0 Å². The van der Waals surface area contributed by atoms with Crippen LogP contribution in [0, 0.1) is 0 Å². The van der Waals surface area contributed by atoms with Crippen LogP contribution in [0.15, 0.2) is 18.3 Å². The van der Waals surface area contributed by atoms with E-state index in [0.717, 1.165) is 25.4 Å². The summed E-state index contributed by atoms with van der Waals surface area (Å²) < 4.78 is 5.21. The first-order valence-electron chi connectivity index (χ1n) is 7.02. The van der Waals surface area contributed by atoms with Crippen molar-refractivity contribution in [3.05, 3.63) is 23.9 Å². The van der Waals surface area contributed by atoms with E-state index in [1.807, 2.05) is 13.2 Å². The average Bonchev–Trinajstić information content (AvgIpc) is 2.46. The minimum atomic E-state index is 0.336. The monoisotopic (exact) mass is 265 g/mol. The summed E-state index contributed by atoms with van der Waals surface area (Å²) >= 11 is 0. The van der Waals surface area contributed by atoms with Gasteiger partial charge in [-0.05, 0) is 45.0 Å². The maximum Gasteiger partial charge on any atom is 0.129 e. The topological polar surface area (TPSA) is 37.4 Å². The number of hydrogen-bond acceptors (Lipinski definition) is 4. The van der Waals surface area contributed by atoms with Gasteiger partial charge in [0.1, 0.15) is 5.82 Å². The van der Waals surface area contributed by atoms with Crippen LogP contribution in [0.2, 0.25) is 0 Å². The van der Waals surface area contributed by atoms with E-state index >= 15 is 0 Å². The Labute approximate surface area is 117 Å². The molecule has 0 amide bonds. The minimum absolute atomic E-state index is 0.336. The largest absolute Gasteiger partial charge is 0.383 e. The molecule has 0 spiro atoms. The number of anilines is 1. The highest BCUT2D eigenvalue weighted by atomic mass is 16.5. The normalized spacial score (nSPS) is 14.2. The summed E-state index contributed by atoms with van der Waals surface area (Å²) in [6.07, 6.45) is 2.98. The fraction of sp³-hybridized carbons (Fsp3) is 0.667. The first-order chi connectivity index (χ1) is 9.13. The highest BCUT2D eigenvalue weighted by Gasteiger charge is 2.15. The van der Waals surface area contributed by atoms with Crippen LogP contribution in [0.3, 0.4) is 0 Å². The summed E-state index contributed by atoms with van der Waals surface area (Å²) in [6, 6.07) is 5.03. The molecule has 2 atom stereocenters. The zero-order chi connectivity index (χ0) is 14.3. The van der Waals surface area contributed by atoms with Gasteiger partial charge < -0.3 is 15.0 Å². The molecule has 1 rings (SSSR count). The van der Waals surface area contributed by atoms with Crippen LogP contribution in [0.1, 0.15) is 38.8 Å². The maximum absolute atomic E-state index is 5.21. The number of pyridine rings is 1. The third-order valence-electron chi connectivity index (χ3n) is 3.66. The smallest absolute Gasteiger partial charge is 0.129 e. The average molecular weight is 265 g/mol. The lowest BCUT2D eigenvalue weighted by Gasteiger charge is -2.30. The second-order valence-electron chi connectivity index (χ2n) is 4.90. The summed E-state index contributed by atoms with van der Waals surface area (Å²) in [5.74, 6) is 1.03. The molecule has 2 unspecified atom stereocenters. The van der Waals surface area contributed by atoms with Crippen LogP contribution in [0.4, 0.5) is 5.82 Å². The third kappa shape index (κ3) is 4.48. The van der Waals surface area contributed by atoms with E-state index in [1.165, 1.54) is 5.56 Å². The summed E-state index contributed by atoms with van der Waals surface area (Å²) in [7, 11) is 3.71. The van der Waals surface area contributed by atoms with Crippen LogP contribution in [0.25, 0.3) is 0 Å². The van der Waals surface area contributed by atoms with Crippen molar-refractivity contribution in [2.24, 2.45) is 0 Å². The number of methoxy groups -OCH3 is 1. The molecule has 1 aromatic rings. The molecule has 0 bridgehead atoms. The number of ether oxygens (including phenoxy) is 1. The van der Waals surface area contributed by atoms with Gasteiger partial charge in [0.2, 0.25) is 0 Å². The number of hydrogen-bond donors (Lipinski definition) is 1. The highest BCUT2D eigenvalue weighted by Crippen LogP contribution is 2.20. The molecular weight excluding hydrogens is 238 g/mol. The third-order valence-corrected chi connectivity index (χ3v) is 3.66. The van der Waals surface area contributed by atoms with Crippen LogP contribution in [0.5, 0.6) is 0 Å². The van der Waals surface area contributed by atoms with Gasteiger partial charge in [0.25, 0.3) is 0 Å². The molecule has 4 heteroatoms. The Balaban J connectivity index is 2.94. The van der Waals surface area contributed by atoms with Gasteiger partial charge in [-0.2, -0.15) is 0 Å². The van der Waals surface area contributed by atoms with Crippen molar-refractivity contribution in [1.82, 2.24) is 10.3 Å². The number of nitrogens with one attached hydrogen (secondary N) is 1. The molecule has 0 radical (unpaired) electrons. The predicted octanol–water partition coefficient (Wildman–Crippen LogP) is 2.61. The van der Waals surface area contributed by atoms with Gasteiger partial charge in [0.05, 0.1) is 6.61 Å². The predicted molar refractivity (Wildman–Crippen MR) is 80.7 cm³/mol. The number of nitrogens with zero attached hydrogens (tertiary/aromatic N) is 2. The van der Waals surface area contributed by atoms with Crippen molar-refractivity contribution in [2.45, 2.75) is 39.3 Å². The molecule has 0 aliphatic carbocycles. The van der Waals surface area contributed by atoms with E-state index in [2.05, 4.69) is 48.1 Å². The van der Waals surface area contributed by atoms with Crippen LogP contribution in [-0.4, -0.2) is 38.3 Å². The van der Waals surface area contributed by atoms with Crippen molar-refractivity contribution >= 4 is 5.82 Å². The van der Waals surface area contributed by atoms with E-state index in [0.29, 0.717) is 12.1 Å². The molecule has 4 nitrogen and oxygen atoms in total. The molecular formula is C15H27N3O. The second-order valence-corrected chi connectivity index (χ2v) is 4.90. The van der Waals surface area contributed by atoms with Crippen LogP contribution < -0.4 is 10.2 Å². The van der Waals surface area contributed by atoms with E-state index in [4.69, 9.17) is 4.74 Å². The second kappa shape index (κ2) is 8.12. The fourth-order valence-electron chi connectivity index (χ4n) is 2.00. The summed E-state index contributed by atoms with van der Waals surface area (Å²) in [6.45, 7) is 8.17. The minimum Gasteiger partial charge on any atom is -0.383 e. The summed E-state index contributed by atoms with van der Waals surface area (Å²) in [5.41, 5.74) is 1.26. The van der Waals surface area contributed by atoms with Crippen molar-refractivity contribution in [3.8, 4) is 0 Å². The van der Waals surface area contributed by atoms with Gasteiger partial charge in [-0.15, -0.1) is 0 Å². The molecule has 0 aliphatic heterocycles. The maximum atomic E-state index is 5.21.